The van der Waals surface area contributed by atoms with Crippen LogP contribution in [0.1, 0.15) is 59.2 Å². The highest BCUT2D eigenvalue weighted by Gasteiger charge is 2.26. The van der Waals surface area contributed by atoms with Crippen molar-refractivity contribution in [3.63, 3.8) is 0 Å². The van der Waals surface area contributed by atoms with Crippen molar-refractivity contribution in [1.29, 1.82) is 0 Å². The molecule has 0 amide bonds. The van der Waals surface area contributed by atoms with Crippen LogP contribution in [-0.4, -0.2) is 42.5 Å². The van der Waals surface area contributed by atoms with E-state index in [2.05, 4.69) is 50.7 Å². The topological polar surface area (TPSA) is 104 Å². The van der Waals surface area contributed by atoms with Gasteiger partial charge in [-0.05, 0) is 76.0 Å². The molecular weight excluding hydrogens is 558 g/mol. The number of H-pyrrole nitrogens is 1. The minimum atomic E-state index is -0.879. The molecule has 2 N–H and O–H groups in total. The summed E-state index contributed by atoms with van der Waals surface area (Å²) in [6.45, 7) is 6.45. The lowest BCUT2D eigenvalue weighted by Crippen LogP contribution is -2.28. The van der Waals surface area contributed by atoms with Gasteiger partial charge in [-0.3, -0.25) is 14.5 Å². The van der Waals surface area contributed by atoms with Crippen molar-refractivity contribution in [2.75, 3.05) is 6.54 Å². The number of hydrogen-bond donors (Lipinski definition) is 2. The summed E-state index contributed by atoms with van der Waals surface area (Å²) < 4.78 is 2.84. The number of carboxylic acids is 1. The number of aryl methyl sites for hydroxylation is 2. The highest BCUT2D eigenvalue weighted by atomic mass is 35.5. The Hall–Kier alpha value is -3.53. The lowest BCUT2D eigenvalue weighted by atomic mass is 9.84. The van der Waals surface area contributed by atoms with Crippen molar-refractivity contribution in [3.05, 3.63) is 90.7 Å². The molecule has 0 spiro atoms. The molecule has 212 valence electrons. The average Bonchev–Trinajstić information content (AvgIpc) is 3.53. The van der Waals surface area contributed by atoms with Gasteiger partial charge in [0, 0.05) is 49.1 Å². The largest absolute Gasteiger partial charge is 0.481 e. The summed E-state index contributed by atoms with van der Waals surface area (Å²) in [5.41, 5.74) is 7.36. The van der Waals surface area contributed by atoms with Crippen LogP contribution in [0.15, 0.2) is 46.6 Å². The number of rotatable bonds is 7. The molecule has 6 rings (SSSR count). The number of thiophene rings is 1. The van der Waals surface area contributed by atoms with E-state index in [1.807, 2.05) is 19.1 Å². The predicted molar refractivity (Wildman–Crippen MR) is 163 cm³/mol. The minimum Gasteiger partial charge on any atom is -0.481 e. The molecule has 41 heavy (non-hydrogen) atoms. The number of nitrogens with one attached hydrogen (secondary N) is 1. The molecule has 1 aliphatic heterocycles. The molecular formula is C31H32ClN5O3S. The van der Waals surface area contributed by atoms with Gasteiger partial charge in [-0.15, -0.1) is 16.4 Å². The summed E-state index contributed by atoms with van der Waals surface area (Å²) in [4.78, 5) is 29.8. The summed E-state index contributed by atoms with van der Waals surface area (Å²) in [5, 5.41) is 22.2. The Morgan fingerprint density at radius 1 is 1.27 bits per heavy atom. The fourth-order valence-corrected chi connectivity index (χ4v) is 7.53. The van der Waals surface area contributed by atoms with E-state index in [4.69, 9.17) is 11.6 Å². The fraction of sp³-hybridized carbons (Fsp3) is 0.355. The number of aromatic amines is 1. The first kappa shape index (κ1) is 27.6. The second-order valence-corrected chi connectivity index (χ2v) is 12.5. The number of benzene rings is 2. The summed E-state index contributed by atoms with van der Waals surface area (Å²) >= 11 is 8.40. The molecule has 2 atom stereocenters. The van der Waals surface area contributed by atoms with Crippen molar-refractivity contribution in [1.82, 2.24) is 24.9 Å². The zero-order valence-electron chi connectivity index (χ0n) is 23.3. The number of carbonyl (C=O) groups is 1. The summed E-state index contributed by atoms with van der Waals surface area (Å²) in [6.07, 6.45) is 1.92. The zero-order chi connectivity index (χ0) is 28.8. The van der Waals surface area contributed by atoms with Crippen LogP contribution in [0.5, 0.6) is 0 Å². The van der Waals surface area contributed by atoms with Crippen LogP contribution in [0.2, 0.25) is 5.02 Å². The number of nitrogens with zero attached hydrogens (tertiary/aromatic N) is 4. The molecule has 5 aromatic rings. The van der Waals surface area contributed by atoms with E-state index in [1.54, 1.807) is 29.1 Å². The Morgan fingerprint density at radius 3 is 2.88 bits per heavy atom. The van der Waals surface area contributed by atoms with Crippen molar-refractivity contribution in [2.24, 2.45) is 13.0 Å². The third-order valence-electron chi connectivity index (χ3n) is 8.41. The molecule has 0 aliphatic carbocycles. The van der Waals surface area contributed by atoms with Crippen LogP contribution in [0.4, 0.5) is 0 Å². The summed E-state index contributed by atoms with van der Waals surface area (Å²) in [5.74, 6) is -0.813. The molecule has 0 fully saturated rings. The van der Waals surface area contributed by atoms with Gasteiger partial charge in [0.15, 0.2) is 0 Å². The molecule has 0 radical (unpaired) electrons. The van der Waals surface area contributed by atoms with Gasteiger partial charge in [-0.2, -0.15) is 0 Å². The first-order valence-electron chi connectivity index (χ1n) is 13.9. The van der Waals surface area contributed by atoms with E-state index in [0.717, 1.165) is 58.2 Å². The molecule has 2 aromatic carbocycles. The first-order chi connectivity index (χ1) is 19.7. The average molecular weight is 590 g/mol. The van der Waals surface area contributed by atoms with Crippen LogP contribution >= 0.6 is 22.9 Å². The normalized spacial score (nSPS) is 16.6. The quantitative estimate of drug-likeness (QED) is 0.240. The minimum absolute atomic E-state index is 0.0751. The van der Waals surface area contributed by atoms with Gasteiger partial charge < -0.3 is 10.1 Å². The Bertz CT molecular complexity index is 1840. The number of halogens is 1. The summed E-state index contributed by atoms with van der Waals surface area (Å²) in [6, 6.07) is 11.8. The molecule has 0 saturated carbocycles. The molecule has 3 aromatic heterocycles. The van der Waals surface area contributed by atoms with Crippen molar-refractivity contribution >= 4 is 50.0 Å². The third kappa shape index (κ3) is 5.29. The van der Waals surface area contributed by atoms with E-state index >= 15 is 0 Å². The number of aromatic nitrogens is 4. The monoisotopic (exact) mass is 589 g/mol. The molecule has 8 nitrogen and oxygen atoms in total. The zero-order valence-corrected chi connectivity index (χ0v) is 24.8. The van der Waals surface area contributed by atoms with Crippen LogP contribution in [0.3, 0.4) is 0 Å². The third-order valence-corrected chi connectivity index (χ3v) is 9.70. The predicted octanol–water partition coefficient (Wildman–Crippen LogP) is 6.02. The van der Waals surface area contributed by atoms with Gasteiger partial charge in [0.1, 0.15) is 11.0 Å². The standard InChI is InChI=1S/C31H32ClN5O3S/c1-4-18-9-19-5-6-27(38)33-26(19)16-37(14-18)15-22-11-21(10-20-7-8-41-31(20)22)24(13-28(39)40)23-12-25(32)30-29(17(23)2)34-35-36(30)3/h5-8,10-12,18,24H,4,9,13-16H2,1-3H3,(H,33,38)(H,39,40)/t18-,24+/m0/s1. The molecule has 4 heterocycles. The fourth-order valence-electron chi connectivity index (χ4n) is 6.32. The van der Waals surface area contributed by atoms with Gasteiger partial charge in [0.2, 0.25) is 5.56 Å². The SMILES string of the molecule is CC[C@H]1Cc2ccc(=O)[nH]c2CN(Cc2cc([C@@H](CC(=O)O)c3cc(Cl)c4c(nnn4C)c3C)cc3ccsc23)C1. The van der Waals surface area contributed by atoms with Crippen molar-refractivity contribution in [2.45, 2.75) is 52.1 Å². The Balaban J connectivity index is 1.44. The van der Waals surface area contributed by atoms with Crippen molar-refractivity contribution < 1.29 is 9.90 Å². The van der Waals surface area contributed by atoms with Gasteiger partial charge in [-0.1, -0.05) is 42.3 Å². The van der Waals surface area contributed by atoms with Gasteiger partial charge in [-0.25, -0.2) is 4.68 Å². The summed E-state index contributed by atoms with van der Waals surface area (Å²) in [7, 11) is 1.80. The second kappa shape index (κ2) is 11.0. The Kier molecular flexibility index (Phi) is 7.44. The smallest absolute Gasteiger partial charge is 0.304 e. The first-order valence-corrected chi connectivity index (χ1v) is 15.1. The Labute approximate surface area is 246 Å². The number of aliphatic carboxylic acids is 1. The number of carboxylic acid groups (broad SMARTS) is 1. The molecule has 0 saturated heterocycles. The van der Waals surface area contributed by atoms with E-state index in [9.17, 15) is 14.7 Å². The molecule has 1 aliphatic rings. The lowest BCUT2D eigenvalue weighted by Gasteiger charge is -2.25. The second-order valence-electron chi connectivity index (χ2n) is 11.1. The van der Waals surface area contributed by atoms with E-state index in [-0.39, 0.29) is 12.0 Å². The highest BCUT2D eigenvalue weighted by Crippen LogP contribution is 2.39. The number of pyridine rings is 1. The van der Waals surface area contributed by atoms with E-state index in [1.165, 1.54) is 10.3 Å². The maximum atomic E-state index is 12.2. The number of fused-ring (bicyclic) bond motifs is 3. The van der Waals surface area contributed by atoms with E-state index in [0.29, 0.717) is 29.5 Å². The number of hydrogen-bond acceptors (Lipinski definition) is 6. The maximum absolute atomic E-state index is 12.2. The molecule has 10 heteroatoms. The van der Waals surface area contributed by atoms with Crippen LogP contribution in [0.25, 0.3) is 21.1 Å². The Morgan fingerprint density at radius 2 is 2.10 bits per heavy atom. The lowest BCUT2D eigenvalue weighted by molar-refractivity contribution is -0.137. The van der Waals surface area contributed by atoms with Crippen LogP contribution in [-0.2, 0) is 31.4 Å². The molecule has 0 unspecified atom stereocenters. The van der Waals surface area contributed by atoms with E-state index < -0.39 is 11.9 Å². The highest BCUT2D eigenvalue weighted by molar-refractivity contribution is 7.17. The maximum Gasteiger partial charge on any atom is 0.304 e. The van der Waals surface area contributed by atoms with Crippen molar-refractivity contribution in [3.8, 4) is 0 Å². The van der Waals surface area contributed by atoms with Crippen LogP contribution in [0, 0.1) is 12.8 Å². The van der Waals surface area contributed by atoms with Gasteiger partial charge in [0.25, 0.3) is 0 Å². The van der Waals surface area contributed by atoms with Gasteiger partial charge >= 0.3 is 5.97 Å². The van der Waals surface area contributed by atoms with Crippen LogP contribution < -0.4 is 5.56 Å². The molecule has 0 bridgehead atoms. The van der Waals surface area contributed by atoms with Gasteiger partial charge in [0.05, 0.1) is 11.4 Å².